The molecular formula is C20H38N4O6S. The smallest absolute Gasteiger partial charge is 0.315 e. The number of fused-ring (bicyclic) bond motifs is 1. The van der Waals surface area contributed by atoms with E-state index in [0.29, 0.717) is 77.6 Å². The molecule has 3 amide bonds. The molecular weight excluding hydrogens is 424 g/mol. The maximum Gasteiger partial charge on any atom is 0.315 e. The molecule has 0 aromatic rings. The summed E-state index contributed by atoms with van der Waals surface area (Å²) < 4.78 is 21.4. The highest BCUT2D eigenvalue weighted by Crippen LogP contribution is 2.33. The second kappa shape index (κ2) is 16.5. The summed E-state index contributed by atoms with van der Waals surface area (Å²) in [6, 6.07) is 0.444. The molecule has 0 saturated carbocycles. The van der Waals surface area contributed by atoms with Gasteiger partial charge in [0.1, 0.15) is 0 Å². The molecule has 0 aromatic heterocycles. The minimum atomic E-state index is -0.0530. The average molecular weight is 463 g/mol. The molecule has 10 nitrogen and oxygen atoms in total. The summed E-state index contributed by atoms with van der Waals surface area (Å²) >= 11 is 1.91. The van der Waals surface area contributed by atoms with Crippen LogP contribution in [0.1, 0.15) is 25.7 Å². The molecule has 2 aliphatic rings. The molecule has 2 aliphatic heterocycles. The van der Waals surface area contributed by atoms with Crippen molar-refractivity contribution >= 4 is 23.7 Å². The largest absolute Gasteiger partial charge is 0.378 e. The molecule has 2 heterocycles. The molecule has 5 N–H and O–H groups in total. The lowest BCUT2D eigenvalue weighted by Gasteiger charge is -2.16. The molecule has 11 heteroatoms. The fourth-order valence-corrected chi connectivity index (χ4v) is 5.01. The van der Waals surface area contributed by atoms with Gasteiger partial charge in [-0.1, -0.05) is 6.42 Å². The second-order valence-corrected chi connectivity index (χ2v) is 8.73. The van der Waals surface area contributed by atoms with Gasteiger partial charge in [0.15, 0.2) is 0 Å². The maximum absolute atomic E-state index is 11.9. The molecule has 0 aliphatic carbocycles. The van der Waals surface area contributed by atoms with E-state index in [0.717, 1.165) is 25.0 Å². The Labute approximate surface area is 189 Å². The van der Waals surface area contributed by atoms with Crippen LogP contribution in [0.15, 0.2) is 0 Å². The van der Waals surface area contributed by atoms with E-state index < -0.39 is 0 Å². The first-order valence-electron chi connectivity index (χ1n) is 11.2. The lowest BCUT2D eigenvalue weighted by Crippen LogP contribution is -2.36. The summed E-state index contributed by atoms with van der Waals surface area (Å²) in [7, 11) is 0. The van der Waals surface area contributed by atoms with E-state index in [-0.39, 0.29) is 24.0 Å². The zero-order chi connectivity index (χ0) is 22.2. The van der Waals surface area contributed by atoms with Gasteiger partial charge in [0, 0.05) is 30.5 Å². The fourth-order valence-electron chi connectivity index (χ4n) is 3.47. The number of urea groups is 1. The predicted molar refractivity (Wildman–Crippen MR) is 119 cm³/mol. The highest BCUT2D eigenvalue weighted by Gasteiger charge is 2.42. The monoisotopic (exact) mass is 462 g/mol. The van der Waals surface area contributed by atoms with Crippen molar-refractivity contribution in [2.24, 2.45) is 5.73 Å². The third-order valence-electron chi connectivity index (χ3n) is 5.03. The molecule has 2 saturated heterocycles. The van der Waals surface area contributed by atoms with Crippen LogP contribution in [0.4, 0.5) is 4.79 Å². The third-order valence-corrected chi connectivity index (χ3v) is 6.54. The Morgan fingerprint density at radius 3 is 2.29 bits per heavy atom. The van der Waals surface area contributed by atoms with Gasteiger partial charge in [-0.3, -0.25) is 4.79 Å². The van der Waals surface area contributed by atoms with Crippen LogP contribution < -0.4 is 21.7 Å². The van der Waals surface area contributed by atoms with Crippen LogP contribution in [-0.4, -0.2) is 101 Å². The Morgan fingerprint density at radius 2 is 1.61 bits per heavy atom. The van der Waals surface area contributed by atoms with Gasteiger partial charge in [-0.2, -0.15) is 11.8 Å². The molecule has 0 radical (unpaired) electrons. The van der Waals surface area contributed by atoms with Crippen molar-refractivity contribution in [2.75, 3.05) is 71.7 Å². The Balaban J connectivity index is 1.30. The molecule has 2 rings (SSSR count). The first-order chi connectivity index (χ1) is 15.2. The van der Waals surface area contributed by atoms with E-state index in [9.17, 15) is 9.59 Å². The standard InChI is InChI=1S/C20H38N4O6S/c21-5-7-27-9-11-29-13-14-30-12-10-28-8-6-22-18(25)4-2-1-3-17-19-16(15-31-17)23-20(26)24-19/h16-17,19H,1-15,21H2,(H,22,25)(H2,23,24,26)/t16-,17-,19?/m0/s1. The van der Waals surface area contributed by atoms with Gasteiger partial charge in [0.05, 0.1) is 64.9 Å². The number of nitrogens with one attached hydrogen (secondary N) is 3. The van der Waals surface area contributed by atoms with Crippen LogP contribution in [-0.2, 0) is 23.7 Å². The van der Waals surface area contributed by atoms with Crippen LogP contribution in [0, 0.1) is 0 Å². The number of hydrogen-bond donors (Lipinski definition) is 4. The topological polar surface area (TPSA) is 133 Å². The molecule has 0 spiro atoms. The van der Waals surface area contributed by atoms with Crippen LogP contribution in [0.5, 0.6) is 0 Å². The molecule has 31 heavy (non-hydrogen) atoms. The summed E-state index contributed by atoms with van der Waals surface area (Å²) in [5.74, 6) is 1.03. The normalized spacial score (nSPS) is 22.2. The summed E-state index contributed by atoms with van der Waals surface area (Å²) in [6.07, 6.45) is 3.40. The van der Waals surface area contributed by atoms with Crippen LogP contribution in [0.25, 0.3) is 0 Å². The van der Waals surface area contributed by atoms with Crippen molar-refractivity contribution < 1.29 is 28.5 Å². The third kappa shape index (κ3) is 11.4. The number of ether oxygens (including phenoxy) is 4. The lowest BCUT2D eigenvalue weighted by atomic mass is 10.0. The minimum absolute atomic E-state index is 0.0530. The number of nitrogens with two attached hydrogens (primary N) is 1. The van der Waals surface area contributed by atoms with Crippen LogP contribution >= 0.6 is 11.8 Å². The number of hydrogen-bond acceptors (Lipinski definition) is 8. The Bertz CT molecular complexity index is 516. The Hall–Kier alpha value is -1.11. The molecule has 1 unspecified atom stereocenters. The van der Waals surface area contributed by atoms with Crippen molar-refractivity contribution in [2.45, 2.75) is 43.0 Å². The van der Waals surface area contributed by atoms with E-state index in [1.54, 1.807) is 0 Å². The first-order valence-corrected chi connectivity index (χ1v) is 12.2. The molecule has 3 atom stereocenters. The number of carbonyl (C=O) groups excluding carboxylic acids is 2. The highest BCUT2D eigenvalue weighted by atomic mass is 32.2. The van der Waals surface area contributed by atoms with Gasteiger partial charge >= 0.3 is 6.03 Å². The molecule has 180 valence electrons. The minimum Gasteiger partial charge on any atom is -0.378 e. The van der Waals surface area contributed by atoms with Crippen molar-refractivity contribution in [1.29, 1.82) is 0 Å². The Kier molecular flexibility index (Phi) is 13.9. The van der Waals surface area contributed by atoms with Crippen molar-refractivity contribution in [1.82, 2.24) is 16.0 Å². The average Bonchev–Trinajstić information content (AvgIpc) is 3.30. The fraction of sp³-hybridized carbons (Fsp3) is 0.900. The first kappa shape index (κ1) is 26.1. The zero-order valence-corrected chi connectivity index (χ0v) is 19.1. The number of amides is 3. The zero-order valence-electron chi connectivity index (χ0n) is 18.3. The molecule has 0 aromatic carbocycles. The predicted octanol–water partition coefficient (Wildman–Crippen LogP) is -0.146. The maximum atomic E-state index is 11.9. The SMILES string of the molecule is NCCOCCOCCOCCOCCNC(=O)CCCC[C@@H]1SC[C@@H]2NC(=O)NC21. The highest BCUT2D eigenvalue weighted by molar-refractivity contribution is 8.00. The quantitative estimate of drug-likeness (QED) is 0.154. The number of thioether (sulfide) groups is 1. The summed E-state index contributed by atoms with van der Waals surface area (Å²) in [4.78, 5) is 23.3. The van der Waals surface area contributed by atoms with Gasteiger partial charge in [0.25, 0.3) is 0 Å². The van der Waals surface area contributed by atoms with Crippen molar-refractivity contribution in [3.63, 3.8) is 0 Å². The molecule has 0 bridgehead atoms. The Morgan fingerprint density at radius 1 is 0.968 bits per heavy atom. The second-order valence-electron chi connectivity index (χ2n) is 7.46. The number of carbonyl (C=O) groups is 2. The van der Waals surface area contributed by atoms with E-state index in [1.165, 1.54) is 0 Å². The van der Waals surface area contributed by atoms with E-state index in [4.69, 9.17) is 24.7 Å². The summed E-state index contributed by atoms with van der Waals surface area (Å²) in [6.45, 7) is 5.16. The van der Waals surface area contributed by atoms with Crippen LogP contribution in [0.2, 0.25) is 0 Å². The van der Waals surface area contributed by atoms with E-state index in [2.05, 4.69) is 16.0 Å². The summed E-state index contributed by atoms with van der Waals surface area (Å²) in [5.41, 5.74) is 5.31. The van der Waals surface area contributed by atoms with Gasteiger partial charge in [-0.15, -0.1) is 0 Å². The number of rotatable bonds is 19. The molecule has 2 fully saturated rings. The van der Waals surface area contributed by atoms with Crippen molar-refractivity contribution in [3.05, 3.63) is 0 Å². The van der Waals surface area contributed by atoms with Gasteiger partial charge in [-0.25, -0.2) is 4.79 Å². The lowest BCUT2D eigenvalue weighted by molar-refractivity contribution is -0.121. The van der Waals surface area contributed by atoms with Crippen molar-refractivity contribution in [3.8, 4) is 0 Å². The van der Waals surface area contributed by atoms with E-state index >= 15 is 0 Å². The van der Waals surface area contributed by atoms with Gasteiger partial charge in [0.2, 0.25) is 5.91 Å². The van der Waals surface area contributed by atoms with Gasteiger partial charge < -0.3 is 40.6 Å². The van der Waals surface area contributed by atoms with Gasteiger partial charge in [-0.05, 0) is 12.8 Å². The van der Waals surface area contributed by atoms with Crippen LogP contribution in [0.3, 0.4) is 0 Å². The number of unbranched alkanes of at least 4 members (excludes halogenated alkanes) is 1. The van der Waals surface area contributed by atoms with E-state index in [1.807, 2.05) is 11.8 Å². The summed E-state index contributed by atoms with van der Waals surface area (Å²) in [5, 5.41) is 9.27.